The molecule has 1 N–H and O–H groups in total. The second-order valence-corrected chi connectivity index (χ2v) is 5.85. The third-order valence-corrected chi connectivity index (χ3v) is 2.66. The zero-order valence-electron chi connectivity index (χ0n) is 7.77. The smallest absolute Gasteiger partial charge is 0.281 e. The van der Waals surface area contributed by atoms with Gasteiger partial charge in [-0.25, -0.2) is 4.18 Å². The Kier molecular flexibility index (Phi) is 4.16. The maximum Gasteiger partial charge on any atom is 0.423 e. The van der Waals surface area contributed by atoms with Crippen LogP contribution in [0.25, 0.3) is 0 Å². The first-order valence-electron chi connectivity index (χ1n) is 3.39. The molecule has 0 radical (unpaired) electrons. The molecular weight excluding hydrogens is 303 g/mol. The van der Waals surface area contributed by atoms with E-state index < -0.39 is 37.8 Å². The Labute approximate surface area is 92.2 Å². The first-order valence-corrected chi connectivity index (χ1v) is 6.64. The largest absolute Gasteiger partial charge is 0.423 e. The lowest BCUT2D eigenvalue weighted by atomic mass is 10.4. The third-order valence-electron chi connectivity index (χ3n) is 1.22. The van der Waals surface area contributed by atoms with Crippen LogP contribution in [-0.4, -0.2) is 45.2 Å². The Morgan fingerprint density at radius 3 is 1.59 bits per heavy atom. The van der Waals surface area contributed by atoms with Crippen LogP contribution in [0.2, 0.25) is 0 Å². The van der Waals surface area contributed by atoms with Crippen LogP contribution in [0, 0.1) is 0 Å². The van der Waals surface area contributed by atoms with Crippen LogP contribution >= 0.6 is 0 Å². The van der Waals surface area contributed by atoms with Crippen LogP contribution in [0.3, 0.4) is 0 Å². The van der Waals surface area contributed by atoms with Gasteiger partial charge in [-0.2, -0.15) is 38.8 Å². The average Bonchev–Trinajstić information content (AvgIpc) is 1.93. The molecule has 0 rings (SSSR count). The second kappa shape index (κ2) is 4.29. The van der Waals surface area contributed by atoms with Gasteiger partial charge in [-0.3, -0.25) is 4.55 Å². The molecule has 0 saturated carbocycles. The van der Waals surface area contributed by atoms with E-state index >= 15 is 0 Å². The van der Waals surface area contributed by atoms with Crippen LogP contribution in [-0.2, 0) is 24.4 Å². The van der Waals surface area contributed by atoms with E-state index in [0.717, 1.165) is 0 Å². The third kappa shape index (κ3) is 4.33. The van der Waals surface area contributed by atoms with Gasteiger partial charge >= 0.3 is 21.5 Å². The lowest BCUT2D eigenvalue weighted by molar-refractivity contribution is -0.237. The number of hydrogen-bond donors (Lipinski definition) is 1. The highest BCUT2D eigenvalue weighted by Crippen LogP contribution is 2.38. The van der Waals surface area contributed by atoms with Gasteiger partial charge in [-0.1, -0.05) is 0 Å². The van der Waals surface area contributed by atoms with E-state index in [-0.39, 0.29) is 6.26 Å². The molecule has 1 unspecified atom stereocenters. The highest BCUT2D eigenvalue weighted by Gasteiger charge is 2.65. The van der Waals surface area contributed by atoms with E-state index in [9.17, 15) is 38.8 Å². The van der Waals surface area contributed by atoms with E-state index in [4.69, 9.17) is 4.55 Å². The molecule has 0 aromatic heterocycles. The fourth-order valence-corrected chi connectivity index (χ4v) is 1.70. The highest BCUT2D eigenvalue weighted by molar-refractivity contribution is 7.87. The molecule has 0 amide bonds. The summed E-state index contributed by atoms with van der Waals surface area (Å²) >= 11 is 0. The van der Waals surface area contributed by atoms with E-state index in [1.54, 1.807) is 0 Å². The summed E-state index contributed by atoms with van der Waals surface area (Å²) in [5.74, 6) is 0. The molecule has 0 spiro atoms. The van der Waals surface area contributed by atoms with Gasteiger partial charge in [0.05, 0.1) is 6.26 Å². The molecule has 0 aromatic carbocycles. The Balaban J connectivity index is 5.68. The topological polar surface area (TPSA) is 97.7 Å². The van der Waals surface area contributed by atoms with Crippen molar-refractivity contribution >= 4 is 20.2 Å². The van der Waals surface area contributed by atoms with Crippen molar-refractivity contribution in [1.29, 1.82) is 0 Å². The van der Waals surface area contributed by atoms with Crippen molar-refractivity contribution in [3.63, 3.8) is 0 Å². The highest BCUT2D eigenvalue weighted by atomic mass is 32.2. The molecule has 0 saturated heterocycles. The molecule has 0 aliphatic carbocycles. The number of alkyl halides is 5. The number of hydrogen-bond acceptors (Lipinski definition) is 5. The molecule has 1 atom stereocenters. The Morgan fingerprint density at radius 2 is 1.41 bits per heavy atom. The Hall–Kier alpha value is -0.530. The molecule has 0 heterocycles. The summed E-state index contributed by atoms with van der Waals surface area (Å²) in [5, 5.41) is -5.85. The quantitative estimate of drug-likeness (QED) is 0.458. The fourth-order valence-electron chi connectivity index (χ4n) is 0.611. The molecular formula is C4H5F5O6S2. The summed E-state index contributed by atoms with van der Waals surface area (Å²) in [6, 6.07) is 0. The van der Waals surface area contributed by atoms with E-state index in [1.807, 2.05) is 0 Å². The lowest BCUT2D eigenvalue weighted by Crippen LogP contribution is -2.52. The van der Waals surface area contributed by atoms with Crippen LogP contribution in [0.1, 0.15) is 0 Å². The summed E-state index contributed by atoms with van der Waals surface area (Å²) in [4.78, 5) is 0. The summed E-state index contributed by atoms with van der Waals surface area (Å²) in [5.41, 5.74) is 0. The van der Waals surface area contributed by atoms with Gasteiger partial charge in [0, 0.05) is 0 Å². The summed E-state index contributed by atoms with van der Waals surface area (Å²) < 4.78 is 113. The summed E-state index contributed by atoms with van der Waals surface area (Å²) in [7, 11) is -11.5. The van der Waals surface area contributed by atoms with Crippen LogP contribution in [0.5, 0.6) is 0 Å². The average molecular weight is 308 g/mol. The van der Waals surface area contributed by atoms with Gasteiger partial charge in [0.1, 0.15) is 0 Å². The molecule has 17 heavy (non-hydrogen) atoms. The van der Waals surface area contributed by atoms with Gasteiger partial charge < -0.3 is 0 Å². The molecule has 13 heteroatoms. The normalized spacial score (nSPS) is 16.9. The minimum atomic E-state index is -6.50. The minimum absolute atomic E-state index is 0.00577. The van der Waals surface area contributed by atoms with Gasteiger partial charge in [-0.05, 0) is 0 Å². The monoisotopic (exact) mass is 308 g/mol. The van der Waals surface area contributed by atoms with Crippen molar-refractivity contribution in [2.24, 2.45) is 0 Å². The van der Waals surface area contributed by atoms with Crippen LogP contribution in [0.4, 0.5) is 22.0 Å². The van der Waals surface area contributed by atoms with Crippen molar-refractivity contribution in [1.82, 2.24) is 0 Å². The van der Waals surface area contributed by atoms with E-state index in [1.165, 1.54) is 0 Å². The van der Waals surface area contributed by atoms with Gasteiger partial charge in [0.2, 0.25) is 0 Å². The minimum Gasteiger partial charge on any atom is -0.281 e. The van der Waals surface area contributed by atoms with Crippen molar-refractivity contribution in [2.45, 2.75) is 17.5 Å². The molecule has 6 nitrogen and oxygen atoms in total. The molecule has 0 aliphatic heterocycles. The predicted molar refractivity (Wildman–Crippen MR) is 42.3 cm³/mol. The fraction of sp³-hybridized carbons (Fsp3) is 1.00. The van der Waals surface area contributed by atoms with Crippen molar-refractivity contribution in [3.05, 3.63) is 0 Å². The second-order valence-electron chi connectivity index (χ2n) is 2.76. The molecule has 0 fully saturated rings. The first kappa shape index (κ1) is 16.5. The number of halogens is 5. The SMILES string of the molecule is CS(=O)(=O)OC(C(F)(F)F)C(F)(F)S(=O)(=O)O. The molecule has 0 aromatic rings. The van der Waals surface area contributed by atoms with Crippen LogP contribution < -0.4 is 0 Å². The van der Waals surface area contributed by atoms with Gasteiger partial charge in [0.15, 0.2) is 0 Å². The maximum absolute atomic E-state index is 12.7. The molecule has 0 bridgehead atoms. The maximum atomic E-state index is 12.7. The van der Waals surface area contributed by atoms with Crippen molar-refractivity contribution in [3.8, 4) is 0 Å². The summed E-state index contributed by atoms with van der Waals surface area (Å²) in [6.45, 7) is 0. The number of rotatable bonds is 4. The zero-order chi connectivity index (χ0) is 14.3. The molecule has 0 aliphatic rings. The standard InChI is InChI=1S/C4H5F5O6S2/c1-16(10,11)15-2(3(5,6)7)4(8,9)17(12,13)14/h2H,1H3,(H,12,13,14). The van der Waals surface area contributed by atoms with Crippen molar-refractivity contribution in [2.75, 3.05) is 6.26 Å². The van der Waals surface area contributed by atoms with E-state index in [0.29, 0.717) is 0 Å². The summed E-state index contributed by atoms with van der Waals surface area (Å²) in [6.07, 6.45) is -10.5. The van der Waals surface area contributed by atoms with Gasteiger partial charge in [-0.15, -0.1) is 0 Å². The predicted octanol–water partition coefficient (Wildman–Crippen LogP) is 0.374. The zero-order valence-corrected chi connectivity index (χ0v) is 9.41. The Morgan fingerprint density at radius 1 is 1.06 bits per heavy atom. The molecule has 104 valence electrons. The van der Waals surface area contributed by atoms with Crippen molar-refractivity contribution < 1.29 is 47.5 Å². The Bertz CT molecular complexity index is 475. The van der Waals surface area contributed by atoms with Gasteiger partial charge in [0.25, 0.3) is 16.2 Å². The van der Waals surface area contributed by atoms with E-state index in [2.05, 4.69) is 4.18 Å². The first-order chi connectivity index (χ1) is 7.09. The lowest BCUT2D eigenvalue weighted by Gasteiger charge is -2.24. The van der Waals surface area contributed by atoms with Crippen LogP contribution in [0.15, 0.2) is 0 Å².